The molecule has 0 spiro atoms. The van der Waals surface area contributed by atoms with Crippen molar-refractivity contribution in [3.8, 4) is 0 Å². The molecule has 11 heteroatoms. The Bertz CT molecular complexity index is 338. The summed E-state index contributed by atoms with van der Waals surface area (Å²) in [5.74, 6) is -16.9. The van der Waals surface area contributed by atoms with Gasteiger partial charge in [-0.15, -0.1) is 0 Å². The third kappa shape index (κ3) is 3.32. The van der Waals surface area contributed by atoms with E-state index in [1.54, 1.807) is 0 Å². The van der Waals surface area contributed by atoms with Crippen LogP contribution in [0.5, 0.6) is 0 Å². The van der Waals surface area contributed by atoms with Gasteiger partial charge in [0.15, 0.2) is 11.5 Å². The van der Waals surface area contributed by atoms with Crippen molar-refractivity contribution in [3.63, 3.8) is 0 Å². The Labute approximate surface area is 98.7 Å². The van der Waals surface area contributed by atoms with Crippen LogP contribution < -0.4 is 0 Å². The normalized spacial score (nSPS) is 14.2. The quantitative estimate of drug-likeness (QED) is 0.551. The summed E-state index contributed by atoms with van der Waals surface area (Å²) in [5, 5.41) is 0. The van der Waals surface area contributed by atoms with Gasteiger partial charge in [-0.05, 0) is 0 Å². The van der Waals surface area contributed by atoms with Gasteiger partial charge in [0.25, 0.3) is 0 Å². The summed E-state index contributed by atoms with van der Waals surface area (Å²) in [6.45, 7) is 3.95. The van der Waals surface area contributed by atoms with Crippen LogP contribution in [0.15, 0.2) is 24.7 Å². The van der Waals surface area contributed by atoms with E-state index in [2.05, 4.69) is 4.74 Å². The third-order valence-corrected chi connectivity index (χ3v) is 1.66. The molecule has 0 radical (unpaired) electrons. The molecule has 0 rings (SSSR count). The SMILES string of the molecule is C=C(OC(=C)C(F)(F)C(F)(F)F)C(F)(F)C(F)(F)F. The molecule has 0 atom stereocenters. The molecule has 0 N–H and O–H groups in total. The van der Waals surface area contributed by atoms with Gasteiger partial charge in [-0.3, -0.25) is 0 Å². The van der Waals surface area contributed by atoms with Gasteiger partial charge in [0.05, 0.1) is 0 Å². The zero-order chi connectivity index (χ0) is 15.9. The van der Waals surface area contributed by atoms with Gasteiger partial charge in [0.2, 0.25) is 0 Å². The summed E-state index contributed by atoms with van der Waals surface area (Å²) in [7, 11) is 0. The summed E-state index contributed by atoms with van der Waals surface area (Å²) in [4.78, 5) is 0. The lowest BCUT2D eigenvalue weighted by atomic mass is 10.2. The number of allylic oxidation sites excluding steroid dienone is 2. The van der Waals surface area contributed by atoms with Crippen molar-refractivity contribution in [2.75, 3.05) is 0 Å². The minimum absolute atomic E-state index is 1.97. The van der Waals surface area contributed by atoms with Crippen molar-refractivity contribution in [2.24, 2.45) is 0 Å². The highest BCUT2D eigenvalue weighted by atomic mass is 19.4. The monoisotopic (exact) mass is 306 g/mol. The molecular formula is C8H4F10O. The maximum Gasteiger partial charge on any atom is 0.461 e. The van der Waals surface area contributed by atoms with Crippen molar-refractivity contribution >= 4 is 0 Å². The Kier molecular flexibility index (Phi) is 4.26. The molecular weight excluding hydrogens is 302 g/mol. The van der Waals surface area contributed by atoms with E-state index in [0.29, 0.717) is 0 Å². The molecule has 0 aliphatic rings. The number of hydrogen-bond acceptors (Lipinski definition) is 1. The predicted molar refractivity (Wildman–Crippen MR) is 41.4 cm³/mol. The van der Waals surface area contributed by atoms with Crippen LogP contribution in [-0.4, -0.2) is 24.2 Å². The van der Waals surface area contributed by atoms with Crippen molar-refractivity contribution in [1.82, 2.24) is 0 Å². The van der Waals surface area contributed by atoms with Crippen LogP contribution in [0.3, 0.4) is 0 Å². The van der Waals surface area contributed by atoms with Crippen LogP contribution in [0, 0.1) is 0 Å². The Morgan fingerprint density at radius 3 is 0.947 bits per heavy atom. The summed E-state index contributed by atoms with van der Waals surface area (Å²) in [5.41, 5.74) is 0. The number of halogens is 10. The number of alkyl halides is 10. The van der Waals surface area contributed by atoms with Crippen LogP contribution in [-0.2, 0) is 4.74 Å². The molecule has 0 unspecified atom stereocenters. The molecule has 0 heterocycles. The summed E-state index contributed by atoms with van der Waals surface area (Å²) in [6.07, 6.45) is -12.5. The topological polar surface area (TPSA) is 9.23 Å². The van der Waals surface area contributed by atoms with Crippen LogP contribution in [0.25, 0.3) is 0 Å². The largest absolute Gasteiger partial charge is 0.461 e. The summed E-state index contributed by atoms with van der Waals surface area (Å²) in [6, 6.07) is 0. The number of ether oxygens (including phenoxy) is 1. The molecule has 0 aliphatic carbocycles. The average Bonchev–Trinajstić information content (AvgIpc) is 2.13. The van der Waals surface area contributed by atoms with Gasteiger partial charge in [0.1, 0.15) is 0 Å². The first-order valence-corrected chi connectivity index (χ1v) is 4.01. The fraction of sp³-hybridized carbons (Fsp3) is 0.500. The first kappa shape index (κ1) is 17.6. The van der Waals surface area contributed by atoms with Gasteiger partial charge in [0, 0.05) is 0 Å². The lowest BCUT2D eigenvalue weighted by Gasteiger charge is -2.26. The van der Waals surface area contributed by atoms with E-state index in [9.17, 15) is 43.9 Å². The highest BCUT2D eigenvalue weighted by molar-refractivity contribution is 5.12. The van der Waals surface area contributed by atoms with Gasteiger partial charge >= 0.3 is 24.2 Å². The third-order valence-electron chi connectivity index (χ3n) is 1.66. The molecule has 19 heavy (non-hydrogen) atoms. The number of hydrogen-bond donors (Lipinski definition) is 0. The second-order valence-electron chi connectivity index (χ2n) is 3.09. The first-order valence-electron chi connectivity index (χ1n) is 4.01. The van der Waals surface area contributed by atoms with Crippen molar-refractivity contribution in [3.05, 3.63) is 24.7 Å². The van der Waals surface area contributed by atoms with Crippen molar-refractivity contribution in [2.45, 2.75) is 24.2 Å². The van der Waals surface area contributed by atoms with Crippen LogP contribution in [0.4, 0.5) is 43.9 Å². The minimum Gasteiger partial charge on any atom is -0.454 e. The second-order valence-corrected chi connectivity index (χ2v) is 3.09. The van der Waals surface area contributed by atoms with E-state index in [0.717, 1.165) is 0 Å². The Hall–Kier alpha value is -1.42. The Balaban J connectivity index is 5.11. The van der Waals surface area contributed by atoms with Gasteiger partial charge < -0.3 is 4.74 Å². The molecule has 0 aromatic rings. The molecule has 0 aliphatic heterocycles. The molecule has 0 fully saturated rings. The smallest absolute Gasteiger partial charge is 0.454 e. The van der Waals surface area contributed by atoms with E-state index in [4.69, 9.17) is 0 Å². The number of rotatable bonds is 4. The molecule has 0 aromatic carbocycles. The highest BCUT2D eigenvalue weighted by Crippen LogP contribution is 2.45. The molecule has 0 amide bonds. The Morgan fingerprint density at radius 2 is 0.789 bits per heavy atom. The van der Waals surface area contributed by atoms with Gasteiger partial charge in [-0.25, -0.2) is 0 Å². The fourth-order valence-electron chi connectivity index (χ4n) is 0.593. The molecule has 0 bridgehead atoms. The lowest BCUT2D eigenvalue weighted by Crippen LogP contribution is -2.42. The standard InChI is InChI=1S/C8H4F10O/c1-3(5(9,10)7(13,14)15)19-4(2)6(11,12)8(16,17)18/h1-2H2. The molecule has 0 saturated heterocycles. The zero-order valence-corrected chi connectivity index (χ0v) is 8.60. The van der Waals surface area contributed by atoms with E-state index >= 15 is 0 Å². The zero-order valence-electron chi connectivity index (χ0n) is 8.60. The predicted octanol–water partition coefficient (Wildman–Crippen LogP) is 4.43. The van der Waals surface area contributed by atoms with Crippen LogP contribution in [0.2, 0.25) is 0 Å². The van der Waals surface area contributed by atoms with Gasteiger partial charge in [-0.2, -0.15) is 43.9 Å². The summed E-state index contributed by atoms with van der Waals surface area (Å²) >= 11 is 0. The maximum absolute atomic E-state index is 12.5. The first-order chi connectivity index (χ1) is 8.05. The van der Waals surface area contributed by atoms with Crippen molar-refractivity contribution < 1.29 is 48.6 Å². The van der Waals surface area contributed by atoms with Gasteiger partial charge in [-0.1, -0.05) is 13.2 Å². The fourth-order valence-corrected chi connectivity index (χ4v) is 0.593. The van der Waals surface area contributed by atoms with E-state index in [1.807, 2.05) is 13.2 Å². The van der Waals surface area contributed by atoms with E-state index < -0.39 is 35.7 Å². The molecule has 112 valence electrons. The van der Waals surface area contributed by atoms with Crippen LogP contribution in [0.1, 0.15) is 0 Å². The Morgan fingerprint density at radius 1 is 0.579 bits per heavy atom. The summed E-state index contributed by atoms with van der Waals surface area (Å²) < 4.78 is 123. The molecule has 1 nitrogen and oxygen atoms in total. The molecule has 0 saturated carbocycles. The minimum atomic E-state index is -6.27. The van der Waals surface area contributed by atoms with Crippen LogP contribution >= 0.6 is 0 Å². The lowest BCUT2D eigenvalue weighted by molar-refractivity contribution is -0.289. The van der Waals surface area contributed by atoms with E-state index in [1.165, 1.54) is 0 Å². The van der Waals surface area contributed by atoms with E-state index in [-0.39, 0.29) is 0 Å². The average molecular weight is 306 g/mol. The second kappa shape index (κ2) is 4.60. The van der Waals surface area contributed by atoms with Crippen molar-refractivity contribution in [1.29, 1.82) is 0 Å². The molecule has 0 aromatic heterocycles. The highest BCUT2D eigenvalue weighted by Gasteiger charge is 2.64. The maximum atomic E-state index is 12.5.